The number of nitrogens with one attached hydrogen (secondary N) is 1. The Kier molecular flexibility index (Phi) is 2.08. The van der Waals surface area contributed by atoms with Crippen molar-refractivity contribution < 1.29 is 0 Å². The lowest BCUT2D eigenvalue weighted by Crippen LogP contribution is -2.05. The highest BCUT2D eigenvalue weighted by molar-refractivity contribution is 5.74. The molecule has 0 saturated carbocycles. The third kappa shape index (κ3) is 1.53. The van der Waals surface area contributed by atoms with Crippen LogP contribution in [0.1, 0.15) is 25.3 Å². The number of aromatic amines is 1. The lowest BCUT2D eigenvalue weighted by Gasteiger charge is -2.05. The molecule has 0 spiro atoms. The van der Waals surface area contributed by atoms with Gasteiger partial charge in [0.15, 0.2) is 0 Å². The molecular formula is C11H12N2O. The van der Waals surface area contributed by atoms with Gasteiger partial charge in [-0.3, -0.25) is 4.79 Å². The van der Waals surface area contributed by atoms with Crippen LogP contribution in [0.5, 0.6) is 0 Å². The van der Waals surface area contributed by atoms with Crippen LogP contribution >= 0.6 is 0 Å². The van der Waals surface area contributed by atoms with Crippen molar-refractivity contribution in [3.8, 4) is 0 Å². The number of nitrogens with zero attached hydrogens (tertiary/aromatic N) is 1. The van der Waals surface area contributed by atoms with E-state index in [4.69, 9.17) is 0 Å². The van der Waals surface area contributed by atoms with Crippen LogP contribution in [0.4, 0.5) is 0 Å². The summed E-state index contributed by atoms with van der Waals surface area (Å²) in [5.74, 6) is 0.480. The number of hydrogen-bond acceptors (Lipinski definition) is 2. The Balaban J connectivity index is 2.67. The first-order valence-electron chi connectivity index (χ1n) is 4.66. The molecule has 3 nitrogen and oxygen atoms in total. The van der Waals surface area contributed by atoms with E-state index >= 15 is 0 Å². The van der Waals surface area contributed by atoms with E-state index in [1.807, 2.05) is 18.2 Å². The predicted molar refractivity (Wildman–Crippen MR) is 56.5 cm³/mol. The smallest absolute Gasteiger partial charge is 0.266 e. The third-order valence-corrected chi connectivity index (χ3v) is 2.27. The SMILES string of the molecule is CC(C)c1ccc2[nH]c(=O)cnc2c1. The van der Waals surface area contributed by atoms with Gasteiger partial charge in [0.1, 0.15) is 0 Å². The van der Waals surface area contributed by atoms with Crippen molar-refractivity contribution >= 4 is 11.0 Å². The van der Waals surface area contributed by atoms with Crippen LogP contribution in [-0.2, 0) is 0 Å². The fraction of sp³-hybridized carbons (Fsp3) is 0.273. The second-order valence-corrected chi connectivity index (χ2v) is 3.68. The summed E-state index contributed by atoms with van der Waals surface area (Å²) < 4.78 is 0. The van der Waals surface area contributed by atoms with Crippen molar-refractivity contribution in [3.63, 3.8) is 0 Å². The summed E-state index contributed by atoms with van der Waals surface area (Å²) in [6.07, 6.45) is 1.31. The first-order chi connectivity index (χ1) is 6.66. The van der Waals surface area contributed by atoms with E-state index in [0.717, 1.165) is 11.0 Å². The second-order valence-electron chi connectivity index (χ2n) is 3.68. The highest BCUT2D eigenvalue weighted by Gasteiger charge is 2.01. The first kappa shape index (κ1) is 8.94. The van der Waals surface area contributed by atoms with E-state index in [2.05, 4.69) is 23.8 Å². The van der Waals surface area contributed by atoms with Crippen LogP contribution in [0.25, 0.3) is 11.0 Å². The standard InChI is InChI=1S/C11H12N2O/c1-7(2)8-3-4-9-10(5-8)12-6-11(14)13-9/h3-7H,1-2H3,(H,13,14). The molecule has 0 bridgehead atoms. The maximum Gasteiger partial charge on any atom is 0.266 e. The van der Waals surface area contributed by atoms with Gasteiger partial charge in [-0.2, -0.15) is 0 Å². The van der Waals surface area contributed by atoms with Crippen molar-refractivity contribution in [2.45, 2.75) is 19.8 Å². The van der Waals surface area contributed by atoms with Gasteiger partial charge in [0.25, 0.3) is 5.56 Å². The zero-order valence-corrected chi connectivity index (χ0v) is 8.24. The summed E-state index contributed by atoms with van der Waals surface area (Å²) in [6.45, 7) is 4.26. The van der Waals surface area contributed by atoms with Crippen LogP contribution in [0, 0.1) is 0 Å². The average molecular weight is 188 g/mol. The third-order valence-electron chi connectivity index (χ3n) is 2.27. The number of H-pyrrole nitrogens is 1. The lowest BCUT2D eigenvalue weighted by molar-refractivity contribution is 0.868. The Bertz CT molecular complexity index is 514. The van der Waals surface area contributed by atoms with Gasteiger partial charge in [0.2, 0.25) is 0 Å². The molecule has 0 amide bonds. The summed E-state index contributed by atoms with van der Waals surface area (Å²) in [4.78, 5) is 17.8. The fourth-order valence-corrected chi connectivity index (χ4v) is 1.41. The quantitative estimate of drug-likeness (QED) is 0.744. The van der Waals surface area contributed by atoms with Crippen LogP contribution in [0.15, 0.2) is 29.2 Å². The highest BCUT2D eigenvalue weighted by Crippen LogP contribution is 2.17. The molecule has 0 aliphatic rings. The maximum atomic E-state index is 11.0. The van der Waals surface area contributed by atoms with Gasteiger partial charge in [-0.1, -0.05) is 19.9 Å². The Morgan fingerprint density at radius 3 is 2.86 bits per heavy atom. The van der Waals surface area contributed by atoms with Gasteiger partial charge in [0, 0.05) is 0 Å². The number of aromatic nitrogens is 2. The van der Waals surface area contributed by atoms with E-state index in [9.17, 15) is 4.79 Å². The Morgan fingerprint density at radius 1 is 1.36 bits per heavy atom. The Hall–Kier alpha value is -1.64. The number of benzene rings is 1. The topological polar surface area (TPSA) is 45.8 Å². The number of rotatable bonds is 1. The van der Waals surface area contributed by atoms with Crippen molar-refractivity contribution in [1.82, 2.24) is 9.97 Å². The van der Waals surface area contributed by atoms with Gasteiger partial charge >= 0.3 is 0 Å². The average Bonchev–Trinajstić information content (AvgIpc) is 2.16. The summed E-state index contributed by atoms with van der Waals surface area (Å²) in [6, 6.07) is 5.93. The zero-order chi connectivity index (χ0) is 10.1. The monoisotopic (exact) mass is 188 g/mol. The summed E-state index contributed by atoms with van der Waals surface area (Å²) >= 11 is 0. The van der Waals surface area contributed by atoms with Crippen molar-refractivity contribution in [2.75, 3.05) is 0 Å². The summed E-state index contributed by atoms with van der Waals surface area (Å²) in [5.41, 5.74) is 2.71. The largest absolute Gasteiger partial charge is 0.319 e. The molecule has 1 N–H and O–H groups in total. The Labute approximate surface area is 81.8 Å². The van der Waals surface area contributed by atoms with E-state index in [1.165, 1.54) is 11.8 Å². The van der Waals surface area contributed by atoms with Crippen molar-refractivity contribution in [1.29, 1.82) is 0 Å². The molecule has 14 heavy (non-hydrogen) atoms. The van der Waals surface area contributed by atoms with Crippen LogP contribution in [0.2, 0.25) is 0 Å². The second kappa shape index (κ2) is 3.25. The maximum absolute atomic E-state index is 11.0. The van der Waals surface area contributed by atoms with Gasteiger partial charge < -0.3 is 4.98 Å². The molecule has 1 aromatic carbocycles. The van der Waals surface area contributed by atoms with Gasteiger partial charge in [-0.15, -0.1) is 0 Å². The minimum atomic E-state index is -0.158. The van der Waals surface area contributed by atoms with Crippen LogP contribution in [0.3, 0.4) is 0 Å². The number of fused-ring (bicyclic) bond motifs is 1. The molecule has 2 aromatic rings. The van der Waals surface area contributed by atoms with E-state index in [1.54, 1.807) is 0 Å². The molecule has 0 saturated heterocycles. The normalized spacial score (nSPS) is 11.1. The Morgan fingerprint density at radius 2 is 2.14 bits per heavy atom. The molecule has 0 radical (unpaired) electrons. The van der Waals surface area contributed by atoms with Crippen LogP contribution < -0.4 is 5.56 Å². The zero-order valence-electron chi connectivity index (χ0n) is 8.24. The van der Waals surface area contributed by atoms with E-state index in [-0.39, 0.29) is 5.56 Å². The van der Waals surface area contributed by atoms with Crippen molar-refractivity contribution in [2.24, 2.45) is 0 Å². The molecule has 0 aliphatic carbocycles. The minimum Gasteiger partial charge on any atom is -0.319 e. The molecule has 0 fully saturated rings. The van der Waals surface area contributed by atoms with E-state index < -0.39 is 0 Å². The van der Waals surface area contributed by atoms with Crippen LogP contribution in [-0.4, -0.2) is 9.97 Å². The fourth-order valence-electron chi connectivity index (χ4n) is 1.41. The number of hydrogen-bond donors (Lipinski definition) is 1. The summed E-state index contributed by atoms with van der Waals surface area (Å²) in [5, 5.41) is 0. The minimum absolute atomic E-state index is 0.158. The lowest BCUT2D eigenvalue weighted by atomic mass is 10.0. The molecule has 1 aromatic heterocycles. The molecule has 2 rings (SSSR count). The highest BCUT2D eigenvalue weighted by atomic mass is 16.1. The molecule has 0 atom stereocenters. The molecular weight excluding hydrogens is 176 g/mol. The van der Waals surface area contributed by atoms with E-state index in [0.29, 0.717) is 5.92 Å². The first-order valence-corrected chi connectivity index (χ1v) is 4.66. The van der Waals surface area contributed by atoms with Crippen molar-refractivity contribution in [3.05, 3.63) is 40.3 Å². The van der Waals surface area contributed by atoms with Gasteiger partial charge in [0.05, 0.1) is 17.2 Å². The summed E-state index contributed by atoms with van der Waals surface area (Å²) in [7, 11) is 0. The molecule has 0 aliphatic heterocycles. The van der Waals surface area contributed by atoms with Gasteiger partial charge in [-0.25, -0.2) is 4.98 Å². The predicted octanol–water partition coefficient (Wildman–Crippen LogP) is 2.05. The molecule has 72 valence electrons. The van der Waals surface area contributed by atoms with Gasteiger partial charge in [-0.05, 0) is 23.6 Å². The molecule has 3 heteroatoms. The molecule has 0 unspecified atom stereocenters. The molecule has 1 heterocycles.